The normalized spacial score (nSPS) is 14.6. The van der Waals surface area contributed by atoms with E-state index in [4.69, 9.17) is 19.7 Å². The van der Waals surface area contributed by atoms with Gasteiger partial charge in [-0.05, 0) is 73.4 Å². The third-order valence-electron chi connectivity index (χ3n) is 6.71. The first-order chi connectivity index (χ1) is 18.4. The molecule has 1 aliphatic rings. The molecule has 0 amide bonds. The number of fused-ring (bicyclic) bond motifs is 1. The zero-order chi connectivity index (χ0) is 26.8. The summed E-state index contributed by atoms with van der Waals surface area (Å²) in [5, 5.41) is 9.55. The summed E-state index contributed by atoms with van der Waals surface area (Å²) in [5.41, 5.74) is 3.37. The first kappa shape index (κ1) is 25.7. The van der Waals surface area contributed by atoms with Crippen molar-refractivity contribution >= 4 is 11.8 Å². The molecule has 38 heavy (non-hydrogen) atoms. The molecule has 0 aliphatic heterocycles. The van der Waals surface area contributed by atoms with Crippen LogP contribution in [0.15, 0.2) is 59.8 Å². The molecule has 0 spiro atoms. The van der Waals surface area contributed by atoms with E-state index in [0.29, 0.717) is 22.3 Å². The molecule has 0 fully saturated rings. The van der Waals surface area contributed by atoms with Gasteiger partial charge in [0.2, 0.25) is 0 Å². The highest BCUT2D eigenvalue weighted by molar-refractivity contribution is 7.98. The van der Waals surface area contributed by atoms with Crippen LogP contribution >= 0.6 is 11.8 Å². The molecule has 1 aromatic heterocycles. The molecule has 1 aliphatic carbocycles. The van der Waals surface area contributed by atoms with Crippen LogP contribution in [0, 0.1) is 28.8 Å². The maximum Gasteiger partial charge on any atom is 0.173 e. The number of thioether (sulfide) groups is 1. The van der Waals surface area contributed by atoms with Gasteiger partial charge in [0.05, 0.1) is 37.2 Å². The van der Waals surface area contributed by atoms with E-state index >= 15 is 0 Å². The lowest BCUT2D eigenvalue weighted by molar-refractivity contribution is 0.354. The Morgan fingerprint density at radius 2 is 1.71 bits per heavy atom. The zero-order valence-electron chi connectivity index (χ0n) is 20.8. The van der Waals surface area contributed by atoms with Crippen molar-refractivity contribution in [2.45, 2.75) is 36.1 Å². The number of aryl methyl sites for hydroxylation is 1. The topological polar surface area (TPSA) is 60.1 Å². The second-order valence-corrected chi connectivity index (χ2v) is 9.86. The average molecular weight is 536 g/mol. The Labute approximate surface area is 222 Å². The van der Waals surface area contributed by atoms with E-state index in [1.54, 1.807) is 32.4 Å². The van der Waals surface area contributed by atoms with Crippen LogP contribution in [0.5, 0.6) is 11.5 Å². The molecule has 9 heteroatoms. The van der Waals surface area contributed by atoms with E-state index in [0.717, 1.165) is 48.3 Å². The summed E-state index contributed by atoms with van der Waals surface area (Å²) in [7, 11) is 3.18. The van der Waals surface area contributed by atoms with Crippen molar-refractivity contribution in [3.05, 3.63) is 100 Å². The fraction of sp³-hybridized carbons (Fsp3) is 0.241. The Balaban J connectivity index is 1.60. The van der Waals surface area contributed by atoms with Crippen LogP contribution in [0.25, 0.3) is 5.69 Å². The number of rotatable bonds is 7. The number of halogens is 3. The second-order valence-electron chi connectivity index (χ2n) is 8.92. The Kier molecular flexibility index (Phi) is 7.34. The van der Waals surface area contributed by atoms with Gasteiger partial charge in [0, 0.05) is 22.9 Å². The molecule has 194 valence electrons. The standard InChI is InChI=1S/C29H24F3N3O2S/c1-36-26-11-6-18(14-27(26)37-2)21-4-3-5-25-28(21)35(20-9-7-19(30)8-10-20)29(34-25)38-16-22-23(31)12-17(15-33)13-24(22)32/h6-14,21H,3-5,16H2,1-2H3. The molecule has 0 bridgehead atoms. The molecule has 3 aromatic carbocycles. The molecule has 5 rings (SSSR count). The number of hydrogen-bond donors (Lipinski definition) is 0. The monoisotopic (exact) mass is 535 g/mol. The average Bonchev–Trinajstić information content (AvgIpc) is 3.31. The molecule has 1 heterocycles. The smallest absolute Gasteiger partial charge is 0.173 e. The van der Waals surface area contributed by atoms with Crippen LogP contribution in [0.2, 0.25) is 0 Å². The van der Waals surface area contributed by atoms with Gasteiger partial charge in [-0.25, -0.2) is 18.2 Å². The van der Waals surface area contributed by atoms with Crippen molar-refractivity contribution < 1.29 is 22.6 Å². The van der Waals surface area contributed by atoms with Gasteiger partial charge >= 0.3 is 0 Å². The van der Waals surface area contributed by atoms with E-state index < -0.39 is 11.6 Å². The predicted molar refractivity (Wildman–Crippen MR) is 138 cm³/mol. The molecule has 0 radical (unpaired) electrons. The number of imidazole rings is 1. The van der Waals surface area contributed by atoms with Crippen LogP contribution in [-0.2, 0) is 12.2 Å². The van der Waals surface area contributed by atoms with E-state index in [-0.39, 0.29) is 28.6 Å². The van der Waals surface area contributed by atoms with Crippen molar-refractivity contribution in [1.82, 2.24) is 9.55 Å². The maximum atomic E-state index is 14.6. The van der Waals surface area contributed by atoms with E-state index in [1.807, 2.05) is 22.8 Å². The summed E-state index contributed by atoms with van der Waals surface area (Å²) in [4.78, 5) is 4.89. The number of nitriles is 1. The van der Waals surface area contributed by atoms with Gasteiger partial charge in [0.15, 0.2) is 16.7 Å². The second kappa shape index (κ2) is 10.8. The summed E-state index contributed by atoms with van der Waals surface area (Å²) in [6.07, 6.45) is 2.52. The fourth-order valence-corrected chi connectivity index (χ4v) is 5.94. The van der Waals surface area contributed by atoms with Gasteiger partial charge in [-0.1, -0.05) is 17.8 Å². The predicted octanol–water partition coefficient (Wildman–Crippen LogP) is 6.94. The van der Waals surface area contributed by atoms with Gasteiger partial charge in [0.1, 0.15) is 17.5 Å². The summed E-state index contributed by atoms with van der Waals surface area (Å²) in [6.45, 7) is 0. The lowest BCUT2D eigenvalue weighted by Crippen LogP contribution is -2.15. The number of benzene rings is 3. The minimum absolute atomic E-state index is 0.0263. The van der Waals surface area contributed by atoms with Gasteiger partial charge in [-0.15, -0.1) is 0 Å². The van der Waals surface area contributed by atoms with Crippen LogP contribution in [0.3, 0.4) is 0 Å². The fourth-order valence-electron chi connectivity index (χ4n) is 4.88. The van der Waals surface area contributed by atoms with Crippen LogP contribution < -0.4 is 9.47 Å². The highest BCUT2D eigenvalue weighted by Crippen LogP contribution is 2.43. The SMILES string of the molecule is COc1ccc(C2CCCc3nc(SCc4c(F)cc(C#N)cc4F)n(-c4ccc(F)cc4)c32)cc1OC. The molecule has 1 unspecified atom stereocenters. The minimum Gasteiger partial charge on any atom is -0.493 e. The van der Waals surface area contributed by atoms with Crippen LogP contribution in [-0.4, -0.2) is 23.8 Å². The lowest BCUT2D eigenvalue weighted by atomic mass is 9.84. The van der Waals surface area contributed by atoms with Gasteiger partial charge in [0.25, 0.3) is 0 Å². The molecule has 0 saturated heterocycles. The first-order valence-electron chi connectivity index (χ1n) is 12.0. The van der Waals surface area contributed by atoms with Crippen LogP contribution in [0.1, 0.15) is 46.8 Å². The van der Waals surface area contributed by atoms with Gasteiger partial charge < -0.3 is 9.47 Å². The van der Waals surface area contributed by atoms with Crippen LogP contribution in [0.4, 0.5) is 13.2 Å². The Morgan fingerprint density at radius 1 is 1.00 bits per heavy atom. The molecular weight excluding hydrogens is 511 g/mol. The minimum atomic E-state index is -0.776. The third-order valence-corrected chi connectivity index (χ3v) is 7.67. The van der Waals surface area contributed by atoms with E-state index in [2.05, 4.69) is 0 Å². The highest BCUT2D eigenvalue weighted by atomic mass is 32.2. The van der Waals surface area contributed by atoms with E-state index in [1.165, 1.54) is 23.9 Å². The van der Waals surface area contributed by atoms with Crippen molar-refractivity contribution in [1.29, 1.82) is 5.26 Å². The maximum absolute atomic E-state index is 14.6. The molecule has 5 nitrogen and oxygen atoms in total. The highest BCUT2D eigenvalue weighted by Gasteiger charge is 2.31. The summed E-state index contributed by atoms with van der Waals surface area (Å²) >= 11 is 1.20. The summed E-state index contributed by atoms with van der Waals surface area (Å²) in [6, 6.07) is 15.7. The summed E-state index contributed by atoms with van der Waals surface area (Å²) < 4.78 is 55.9. The number of hydrogen-bond acceptors (Lipinski definition) is 5. The number of nitrogens with zero attached hydrogens (tertiary/aromatic N) is 3. The Bertz CT molecular complexity index is 1510. The summed E-state index contributed by atoms with van der Waals surface area (Å²) in [5.74, 6) is -0.734. The van der Waals surface area contributed by atoms with Crippen molar-refractivity contribution in [3.63, 3.8) is 0 Å². The van der Waals surface area contributed by atoms with Gasteiger partial charge in [-0.2, -0.15) is 5.26 Å². The molecule has 1 atom stereocenters. The molecule has 0 saturated carbocycles. The zero-order valence-corrected chi connectivity index (χ0v) is 21.6. The number of ether oxygens (including phenoxy) is 2. The quantitative estimate of drug-likeness (QED) is 0.240. The molecule has 0 N–H and O–H groups in total. The Hall–Kier alpha value is -3.90. The first-order valence-corrected chi connectivity index (χ1v) is 13.0. The van der Waals surface area contributed by atoms with Crippen molar-refractivity contribution in [3.8, 4) is 23.3 Å². The number of methoxy groups -OCH3 is 2. The third kappa shape index (κ3) is 4.84. The molecular formula is C29H24F3N3O2S. The molecule has 4 aromatic rings. The lowest BCUT2D eigenvalue weighted by Gasteiger charge is -2.26. The largest absolute Gasteiger partial charge is 0.493 e. The Morgan fingerprint density at radius 3 is 2.37 bits per heavy atom. The number of aromatic nitrogens is 2. The van der Waals surface area contributed by atoms with Crippen molar-refractivity contribution in [2.75, 3.05) is 14.2 Å². The van der Waals surface area contributed by atoms with E-state index in [9.17, 15) is 13.2 Å². The van der Waals surface area contributed by atoms with Crippen molar-refractivity contribution in [2.24, 2.45) is 0 Å². The van der Waals surface area contributed by atoms with Gasteiger partial charge in [-0.3, -0.25) is 4.57 Å².